The molecule has 1 aliphatic heterocycles. The van der Waals surface area contributed by atoms with Crippen LogP contribution in [-0.2, 0) is 6.42 Å². The summed E-state index contributed by atoms with van der Waals surface area (Å²) in [6.45, 7) is 5.92. The molecule has 0 saturated carbocycles. The van der Waals surface area contributed by atoms with Crippen molar-refractivity contribution < 1.29 is 4.79 Å². The molecule has 0 unspecified atom stereocenters. The van der Waals surface area contributed by atoms with E-state index in [1.165, 1.54) is 17.0 Å². The fourth-order valence-corrected chi connectivity index (χ4v) is 4.30. The lowest BCUT2D eigenvalue weighted by atomic mass is 9.90. The predicted molar refractivity (Wildman–Crippen MR) is 114 cm³/mol. The van der Waals surface area contributed by atoms with Crippen molar-refractivity contribution in [3.05, 3.63) is 89.2 Å². The summed E-state index contributed by atoms with van der Waals surface area (Å²) >= 11 is 0. The number of amides is 1. The Kier molecular flexibility index (Phi) is 5.34. The maximum atomic E-state index is 12.9. The van der Waals surface area contributed by atoms with E-state index in [4.69, 9.17) is 0 Å². The third-order valence-corrected chi connectivity index (χ3v) is 5.91. The Morgan fingerprint density at radius 3 is 2.07 bits per heavy atom. The van der Waals surface area contributed by atoms with Crippen LogP contribution in [0.1, 0.15) is 40.2 Å². The molecular weight excluding hydrogens is 344 g/mol. The fourth-order valence-electron chi connectivity index (χ4n) is 4.30. The van der Waals surface area contributed by atoms with Crippen LogP contribution in [0.2, 0.25) is 0 Å². The van der Waals surface area contributed by atoms with Crippen LogP contribution in [-0.4, -0.2) is 28.5 Å². The van der Waals surface area contributed by atoms with Crippen LogP contribution in [0.15, 0.2) is 66.7 Å². The highest BCUT2D eigenvalue weighted by Gasteiger charge is 2.23. The highest BCUT2D eigenvalue weighted by atomic mass is 16.2. The number of carbonyl (C=O) groups excluding carboxylic acids is 1. The highest BCUT2D eigenvalue weighted by Crippen LogP contribution is 2.23. The largest absolute Gasteiger partial charge is 0.339 e. The van der Waals surface area contributed by atoms with Gasteiger partial charge in [-0.1, -0.05) is 30.3 Å². The minimum Gasteiger partial charge on any atom is -0.339 e. The molecule has 3 nitrogen and oxygen atoms in total. The standard InChI is InChI=1S/C25H28N2O/c1-19-8-9-20(2)27(19)24-12-10-23(11-13-24)25(28)26-16-14-22(15-17-26)18-21-6-4-3-5-7-21/h3-13,22H,14-18H2,1-2H3. The summed E-state index contributed by atoms with van der Waals surface area (Å²) in [5.41, 5.74) is 5.71. The highest BCUT2D eigenvalue weighted by molar-refractivity contribution is 5.94. The first-order chi connectivity index (χ1) is 13.6. The topological polar surface area (TPSA) is 25.2 Å². The minimum absolute atomic E-state index is 0.158. The van der Waals surface area contributed by atoms with Gasteiger partial charge < -0.3 is 9.47 Å². The number of likely N-dealkylation sites (tertiary alicyclic amines) is 1. The van der Waals surface area contributed by atoms with E-state index in [0.717, 1.165) is 43.6 Å². The molecule has 0 spiro atoms. The van der Waals surface area contributed by atoms with Crippen LogP contribution in [0.5, 0.6) is 0 Å². The first-order valence-electron chi connectivity index (χ1n) is 10.2. The maximum absolute atomic E-state index is 12.9. The molecule has 1 aromatic heterocycles. The van der Waals surface area contributed by atoms with Crippen molar-refractivity contribution in [2.24, 2.45) is 5.92 Å². The van der Waals surface area contributed by atoms with Crippen molar-refractivity contribution in [1.82, 2.24) is 9.47 Å². The van der Waals surface area contributed by atoms with Gasteiger partial charge in [-0.05, 0) is 81.0 Å². The van der Waals surface area contributed by atoms with Gasteiger partial charge in [0.05, 0.1) is 0 Å². The number of rotatable bonds is 4. The minimum atomic E-state index is 0.158. The molecule has 144 valence electrons. The first kappa shape index (κ1) is 18.5. The van der Waals surface area contributed by atoms with Crippen molar-refractivity contribution in [3.8, 4) is 5.69 Å². The summed E-state index contributed by atoms with van der Waals surface area (Å²) in [6, 6.07) is 22.9. The molecule has 1 amide bonds. The maximum Gasteiger partial charge on any atom is 0.253 e. The van der Waals surface area contributed by atoms with E-state index in [1.807, 2.05) is 17.0 Å². The molecule has 2 aromatic carbocycles. The van der Waals surface area contributed by atoms with Crippen LogP contribution in [0.4, 0.5) is 0 Å². The second kappa shape index (κ2) is 8.05. The lowest BCUT2D eigenvalue weighted by Crippen LogP contribution is -2.38. The molecular formula is C25H28N2O. The number of hydrogen-bond donors (Lipinski definition) is 0. The number of carbonyl (C=O) groups is 1. The van der Waals surface area contributed by atoms with E-state index >= 15 is 0 Å². The average molecular weight is 373 g/mol. The van der Waals surface area contributed by atoms with E-state index in [1.54, 1.807) is 0 Å². The quantitative estimate of drug-likeness (QED) is 0.619. The first-order valence-corrected chi connectivity index (χ1v) is 10.2. The Labute approximate surface area is 167 Å². The van der Waals surface area contributed by atoms with E-state index in [2.05, 4.69) is 73.0 Å². The number of piperidine rings is 1. The summed E-state index contributed by atoms with van der Waals surface area (Å²) in [6.07, 6.45) is 3.29. The van der Waals surface area contributed by atoms with Crippen molar-refractivity contribution in [2.75, 3.05) is 13.1 Å². The van der Waals surface area contributed by atoms with Gasteiger partial charge in [0, 0.05) is 35.7 Å². The van der Waals surface area contributed by atoms with E-state index in [-0.39, 0.29) is 5.91 Å². The van der Waals surface area contributed by atoms with Gasteiger partial charge in [-0.15, -0.1) is 0 Å². The van der Waals surface area contributed by atoms with Gasteiger partial charge in [-0.3, -0.25) is 4.79 Å². The van der Waals surface area contributed by atoms with Crippen LogP contribution in [0, 0.1) is 19.8 Å². The van der Waals surface area contributed by atoms with Gasteiger partial charge in [0.25, 0.3) is 5.91 Å². The lowest BCUT2D eigenvalue weighted by Gasteiger charge is -2.32. The summed E-state index contributed by atoms with van der Waals surface area (Å²) < 4.78 is 2.21. The molecule has 0 radical (unpaired) electrons. The molecule has 4 rings (SSSR count). The predicted octanol–water partition coefficient (Wildman–Crippen LogP) is 5.19. The molecule has 0 aliphatic carbocycles. The summed E-state index contributed by atoms with van der Waals surface area (Å²) in [7, 11) is 0. The SMILES string of the molecule is Cc1ccc(C)n1-c1ccc(C(=O)N2CCC(Cc3ccccc3)CC2)cc1. The number of aryl methyl sites for hydroxylation is 2. The van der Waals surface area contributed by atoms with Crippen LogP contribution >= 0.6 is 0 Å². The van der Waals surface area contributed by atoms with Gasteiger partial charge in [0.2, 0.25) is 0 Å². The lowest BCUT2D eigenvalue weighted by molar-refractivity contribution is 0.0690. The number of nitrogens with zero attached hydrogens (tertiary/aromatic N) is 2. The Balaban J connectivity index is 1.37. The second-order valence-electron chi connectivity index (χ2n) is 7.92. The Morgan fingerprint density at radius 2 is 1.46 bits per heavy atom. The molecule has 0 bridgehead atoms. The van der Waals surface area contributed by atoms with Gasteiger partial charge in [-0.2, -0.15) is 0 Å². The number of aromatic nitrogens is 1. The molecule has 2 heterocycles. The van der Waals surface area contributed by atoms with Gasteiger partial charge in [-0.25, -0.2) is 0 Å². The summed E-state index contributed by atoms with van der Waals surface area (Å²) in [4.78, 5) is 14.9. The zero-order chi connectivity index (χ0) is 19.5. The van der Waals surface area contributed by atoms with Gasteiger partial charge in [0.15, 0.2) is 0 Å². The molecule has 1 fully saturated rings. The summed E-state index contributed by atoms with van der Waals surface area (Å²) in [5.74, 6) is 0.833. The molecule has 3 heteroatoms. The molecule has 28 heavy (non-hydrogen) atoms. The van der Waals surface area contributed by atoms with Crippen LogP contribution in [0.25, 0.3) is 5.69 Å². The molecule has 1 aliphatic rings. The molecule has 3 aromatic rings. The third kappa shape index (κ3) is 3.89. The molecule has 1 saturated heterocycles. The fraction of sp³-hybridized carbons (Fsp3) is 0.320. The van der Waals surface area contributed by atoms with Crippen LogP contribution < -0.4 is 0 Å². The van der Waals surface area contributed by atoms with Crippen molar-refractivity contribution >= 4 is 5.91 Å². The molecule has 0 N–H and O–H groups in total. The number of benzene rings is 2. The van der Waals surface area contributed by atoms with Crippen LogP contribution in [0.3, 0.4) is 0 Å². The Bertz CT molecular complexity index is 913. The second-order valence-corrected chi connectivity index (χ2v) is 7.92. The Hall–Kier alpha value is -2.81. The normalized spacial score (nSPS) is 15.0. The van der Waals surface area contributed by atoms with E-state index in [0.29, 0.717) is 5.92 Å². The van der Waals surface area contributed by atoms with Gasteiger partial charge >= 0.3 is 0 Å². The average Bonchev–Trinajstić information content (AvgIpc) is 3.07. The van der Waals surface area contributed by atoms with Crippen molar-refractivity contribution in [1.29, 1.82) is 0 Å². The number of hydrogen-bond acceptors (Lipinski definition) is 1. The third-order valence-electron chi connectivity index (χ3n) is 5.91. The van der Waals surface area contributed by atoms with Crippen molar-refractivity contribution in [3.63, 3.8) is 0 Å². The monoisotopic (exact) mass is 372 g/mol. The van der Waals surface area contributed by atoms with E-state index < -0.39 is 0 Å². The Morgan fingerprint density at radius 1 is 0.857 bits per heavy atom. The summed E-state index contributed by atoms with van der Waals surface area (Å²) in [5, 5.41) is 0. The smallest absolute Gasteiger partial charge is 0.253 e. The zero-order valence-corrected chi connectivity index (χ0v) is 16.8. The van der Waals surface area contributed by atoms with Gasteiger partial charge in [0.1, 0.15) is 0 Å². The molecule has 0 atom stereocenters. The van der Waals surface area contributed by atoms with Crippen molar-refractivity contribution in [2.45, 2.75) is 33.1 Å². The van der Waals surface area contributed by atoms with E-state index in [9.17, 15) is 4.79 Å². The zero-order valence-electron chi connectivity index (χ0n) is 16.8.